The number of fused-ring (bicyclic) bond motifs is 4. The highest BCUT2D eigenvalue weighted by molar-refractivity contribution is 5.98. The first-order chi connectivity index (χ1) is 13.7. The van der Waals surface area contributed by atoms with E-state index in [1.54, 1.807) is 9.80 Å². The molecule has 1 aromatic heterocycles. The molecule has 0 atom stereocenters. The number of benzene rings is 2. The summed E-state index contributed by atoms with van der Waals surface area (Å²) in [6.45, 7) is 1.89. The summed E-state index contributed by atoms with van der Waals surface area (Å²) in [5.41, 5.74) is 5.64. The van der Waals surface area contributed by atoms with Crippen molar-refractivity contribution in [3.8, 4) is 0 Å². The second-order valence-corrected chi connectivity index (χ2v) is 7.38. The lowest BCUT2D eigenvalue weighted by atomic mass is 10.0. The van der Waals surface area contributed by atoms with E-state index in [1.807, 2.05) is 36.4 Å². The van der Waals surface area contributed by atoms with Crippen molar-refractivity contribution in [2.75, 3.05) is 24.5 Å². The predicted molar refractivity (Wildman–Crippen MR) is 108 cm³/mol. The van der Waals surface area contributed by atoms with E-state index in [0.717, 1.165) is 29.7 Å². The molecule has 3 heterocycles. The van der Waals surface area contributed by atoms with Gasteiger partial charge in [-0.25, -0.2) is 4.79 Å². The number of carbonyl (C=O) groups excluding carboxylic acids is 2. The molecular weight excluding hydrogens is 352 g/mol. The fourth-order valence-corrected chi connectivity index (χ4v) is 4.32. The molecule has 0 radical (unpaired) electrons. The third-order valence-corrected chi connectivity index (χ3v) is 5.75. The molecular formula is C22H22N4O2. The Morgan fingerprint density at radius 2 is 1.82 bits per heavy atom. The highest BCUT2D eigenvalue weighted by Crippen LogP contribution is 2.28. The van der Waals surface area contributed by atoms with Crippen LogP contribution in [0.2, 0.25) is 0 Å². The number of urea groups is 1. The molecule has 0 saturated carbocycles. The summed E-state index contributed by atoms with van der Waals surface area (Å²) in [7, 11) is 0. The van der Waals surface area contributed by atoms with Crippen LogP contribution in [0.3, 0.4) is 0 Å². The number of amides is 3. The highest BCUT2D eigenvalue weighted by Gasteiger charge is 2.27. The lowest BCUT2D eigenvalue weighted by molar-refractivity contribution is -0.117. The van der Waals surface area contributed by atoms with Crippen molar-refractivity contribution < 1.29 is 9.59 Å². The van der Waals surface area contributed by atoms with Gasteiger partial charge in [0.15, 0.2) is 0 Å². The normalized spacial score (nSPS) is 15.4. The van der Waals surface area contributed by atoms with Gasteiger partial charge < -0.3 is 20.1 Å². The van der Waals surface area contributed by atoms with E-state index in [2.05, 4.69) is 22.4 Å². The maximum absolute atomic E-state index is 12.6. The number of aromatic amines is 1. The summed E-state index contributed by atoms with van der Waals surface area (Å²) in [5, 5.41) is 4.04. The number of nitrogens with one attached hydrogen (secondary N) is 2. The Balaban J connectivity index is 1.23. The number of nitrogens with zero attached hydrogens (tertiary/aromatic N) is 2. The van der Waals surface area contributed by atoms with Crippen molar-refractivity contribution in [3.63, 3.8) is 0 Å². The average molecular weight is 374 g/mol. The molecule has 0 unspecified atom stereocenters. The molecule has 142 valence electrons. The second kappa shape index (κ2) is 6.71. The summed E-state index contributed by atoms with van der Waals surface area (Å²) in [6.07, 6.45) is 1.69. The number of anilines is 1. The van der Waals surface area contributed by atoms with E-state index >= 15 is 0 Å². The number of rotatable bonds is 2. The van der Waals surface area contributed by atoms with Gasteiger partial charge in [-0.3, -0.25) is 4.79 Å². The van der Waals surface area contributed by atoms with Gasteiger partial charge in [0.05, 0.1) is 13.1 Å². The standard InChI is InChI=1S/C22H22N4O2/c27-21(26-12-9-15-5-1-4-8-20(15)26)13-23-22(28)25-11-10-17-16-6-2-3-7-18(16)24-19(17)14-25/h1-8,24H,9-14H2,(H,23,28). The first-order valence-electron chi connectivity index (χ1n) is 9.70. The van der Waals surface area contributed by atoms with Gasteiger partial charge >= 0.3 is 6.03 Å². The van der Waals surface area contributed by atoms with Gasteiger partial charge in [0.1, 0.15) is 0 Å². The minimum absolute atomic E-state index is 0.0171. The van der Waals surface area contributed by atoms with Crippen LogP contribution >= 0.6 is 0 Å². The van der Waals surface area contributed by atoms with Crippen LogP contribution in [0.5, 0.6) is 0 Å². The van der Waals surface area contributed by atoms with Crippen molar-refractivity contribution >= 4 is 28.5 Å². The minimum Gasteiger partial charge on any atom is -0.357 e. The van der Waals surface area contributed by atoms with Crippen LogP contribution in [0.4, 0.5) is 10.5 Å². The Morgan fingerprint density at radius 1 is 1.00 bits per heavy atom. The zero-order valence-electron chi connectivity index (χ0n) is 15.6. The number of carbonyl (C=O) groups is 2. The van der Waals surface area contributed by atoms with Gasteiger partial charge in [0, 0.05) is 35.4 Å². The Kier molecular flexibility index (Phi) is 4.04. The lowest BCUT2D eigenvalue weighted by Gasteiger charge is -2.27. The number of hydrogen-bond donors (Lipinski definition) is 2. The van der Waals surface area contributed by atoms with Crippen molar-refractivity contribution in [1.29, 1.82) is 0 Å². The van der Waals surface area contributed by atoms with Crippen molar-refractivity contribution in [1.82, 2.24) is 15.2 Å². The van der Waals surface area contributed by atoms with Crippen LogP contribution in [0.1, 0.15) is 16.8 Å². The molecule has 5 rings (SSSR count). The van der Waals surface area contributed by atoms with E-state index in [9.17, 15) is 9.59 Å². The number of H-pyrrole nitrogens is 1. The minimum atomic E-state index is -0.190. The zero-order chi connectivity index (χ0) is 19.1. The third kappa shape index (κ3) is 2.81. The summed E-state index contributed by atoms with van der Waals surface area (Å²) in [5.74, 6) is -0.0680. The Bertz CT molecular complexity index is 1070. The van der Waals surface area contributed by atoms with Crippen molar-refractivity contribution in [2.24, 2.45) is 0 Å². The zero-order valence-corrected chi connectivity index (χ0v) is 15.6. The first kappa shape index (κ1) is 16.9. The molecule has 28 heavy (non-hydrogen) atoms. The Labute approximate surface area is 163 Å². The topological polar surface area (TPSA) is 68.4 Å². The maximum Gasteiger partial charge on any atom is 0.318 e. The summed E-state index contributed by atoms with van der Waals surface area (Å²) < 4.78 is 0. The number of hydrogen-bond acceptors (Lipinski definition) is 2. The first-order valence-corrected chi connectivity index (χ1v) is 9.70. The van der Waals surface area contributed by atoms with Crippen molar-refractivity contribution in [2.45, 2.75) is 19.4 Å². The summed E-state index contributed by atoms with van der Waals surface area (Å²) in [4.78, 5) is 32.2. The molecule has 3 aromatic rings. The quantitative estimate of drug-likeness (QED) is 0.724. The molecule has 2 aromatic carbocycles. The van der Waals surface area contributed by atoms with Gasteiger partial charge in [-0.1, -0.05) is 36.4 Å². The second-order valence-electron chi connectivity index (χ2n) is 7.38. The Morgan fingerprint density at radius 3 is 2.75 bits per heavy atom. The molecule has 6 nitrogen and oxygen atoms in total. The predicted octanol–water partition coefficient (Wildman–Crippen LogP) is 2.82. The van der Waals surface area contributed by atoms with Crippen LogP contribution in [0.15, 0.2) is 48.5 Å². The smallest absolute Gasteiger partial charge is 0.318 e. The van der Waals surface area contributed by atoms with Gasteiger partial charge in [0.25, 0.3) is 0 Å². The molecule has 0 aliphatic carbocycles. The lowest BCUT2D eigenvalue weighted by Crippen LogP contribution is -2.46. The SMILES string of the molecule is O=C(NCC(=O)N1CCc2ccccc21)N1CCc2c([nH]c3ccccc23)C1. The molecule has 2 aliphatic heterocycles. The molecule has 2 aliphatic rings. The molecule has 3 amide bonds. The van der Waals surface area contributed by atoms with Crippen LogP contribution in [-0.2, 0) is 24.2 Å². The monoisotopic (exact) mass is 374 g/mol. The van der Waals surface area contributed by atoms with Crippen molar-refractivity contribution in [3.05, 3.63) is 65.4 Å². The van der Waals surface area contributed by atoms with Crippen LogP contribution < -0.4 is 10.2 Å². The van der Waals surface area contributed by atoms with E-state index in [-0.39, 0.29) is 18.5 Å². The fourth-order valence-electron chi connectivity index (χ4n) is 4.32. The summed E-state index contributed by atoms with van der Waals surface area (Å²) in [6, 6.07) is 16.0. The van der Waals surface area contributed by atoms with Gasteiger partial charge in [-0.05, 0) is 36.1 Å². The van der Waals surface area contributed by atoms with Crippen LogP contribution in [-0.4, -0.2) is 41.5 Å². The molecule has 6 heteroatoms. The molecule has 0 fully saturated rings. The molecule has 0 spiro atoms. The van der Waals surface area contributed by atoms with E-state index in [0.29, 0.717) is 19.6 Å². The fraction of sp³-hybridized carbons (Fsp3) is 0.273. The number of para-hydroxylation sites is 2. The van der Waals surface area contributed by atoms with E-state index in [4.69, 9.17) is 0 Å². The van der Waals surface area contributed by atoms with Crippen LogP contribution in [0, 0.1) is 0 Å². The third-order valence-electron chi connectivity index (χ3n) is 5.75. The maximum atomic E-state index is 12.6. The molecule has 0 saturated heterocycles. The largest absolute Gasteiger partial charge is 0.357 e. The molecule has 2 N–H and O–H groups in total. The Hall–Kier alpha value is -3.28. The average Bonchev–Trinajstić information content (AvgIpc) is 3.32. The molecule has 0 bridgehead atoms. The van der Waals surface area contributed by atoms with Gasteiger partial charge in [-0.2, -0.15) is 0 Å². The summed E-state index contributed by atoms with van der Waals surface area (Å²) >= 11 is 0. The number of aromatic nitrogens is 1. The van der Waals surface area contributed by atoms with Gasteiger partial charge in [-0.15, -0.1) is 0 Å². The van der Waals surface area contributed by atoms with Crippen LogP contribution in [0.25, 0.3) is 10.9 Å². The van der Waals surface area contributed by atoms with E-state index in [1.165, 1.54) is 16.5 Å². The van der Waals surface area contributed by atoms with Gasteiger partial charge in [0.2, 0.25) is 5.91 Å². The highest BCUT2D eigenvalue weighted by atomic mass is 16.2. The van der Waals surface area contributed by atoms with E-state index < -0.39 is 0 Å².